The summed E-state index contributed by atoms with van der Waals surface area (Å²) < 4.78 is 1.74. The molecule has 0 saturated carbocycles. The Bertz CT molecular complexity index is 731. The summed E-state index contributed by atoms with van der Waals surface area (Å²) >= 11 is 0. The first-order chi connectivity index (χ1) is 8.78. The number of aldehydes is 1. The van der Waals surface area contributed by atoms with E-state index in [2.05, 4.69) is 5.10 Å². The van der Waals surface area contributed by atoms with Crippen molar-refractivity contribution in [3.05, 3.63) is 54.2 Å². The number of hydrogen-bond acceptors (Lipinski definition) is 3. The highest BCUT2D eigenvalue weighted by Crippen LogP contribution is 2.22. The van der Waals surface area contributed by atoms with Crippen molar-refractivity contribution in [2.75, 3.05) is 0 Å². The van der Waals surface area contributed by atoms with Gasteiger partial charge in [0.05, 0.1) is 17.4 Å². The average molecular weight is 238 g/mol. The third kappa shape index (κ3) is 1.64. The van der Waals surface area contributed by atoms with Gasteiger partial charge in [-0.1, -0.05) is 12.1 Å². The molecule has 0 aliphatic heterocycles. The van der Waals surface area contributed by atoms with Crippen LogP contribution >= 0.6 is 0 Å². The van der Waals surface area contributed by atoms with Crippen molar-refractivity contribution in [1.29, 1.82) is 0 Å². The lowest BCUT2D eigenvalue weighted by atomic mass is 10.2. The molecule has 0 spiro atoms. The molecule has 0 atom stereocenters. The van der Waals surface area contributed by atoms with E-state index in [-0.39, 0.29) is 5.75 Å². The number of carbonyl (C=O) groups is 1. The maximum Gasteiger partial charge on any atom is 0.150 e. The fourth-order valence-electron chi connectivity index (χ4n) is 1.96. The van der Waals surface area contributed by atoms with Crippen LogP contribution in [0.1, 0.15) is 10.4 Å². The lowest BCUT2D eigenvalue weighted by Gasteiger charge is -2.04. The molecular weight excluding hydrogens is 228 g/mol. The number of nitrogens with zero attached hydrogens (tertiary/aromatic N) is 2. The van der Waals surface area contributed by atoms with Gasteiger partial charge in [0.15, 0.2) is 0 Å². The first kappa shape index (κ1) is 10.5. The van der Waals surface area contributed by atoms with Gasteiger partial charge in [0, 0.05) is 10.9 Å². The van der Waals surface area contributed by atoms with Crippen molar-refractivity contribution < 1.29 is 9.90 Å². The number of aromatic nitrogens is 2. The van der Waals surface area contributed by atoms with Gasteiger partial charge in [-0.25, -0.2) is 4.68 Å². The number of fused-ring (bicyclic) bond motifs is 1. The lowest BCUT2D eigenvalue weighted by molar-refractivity contribution is 0.112. The van der Waals surface area contributed by atoms with Crippen LogP contribution in [0.2, 0.25) is 0 Å². The minimum Gasteiger partial charge on any atom is -0.508 e. The molecule has 0 aliphatic rings. The Balaban J connectivity index is 2.22. The van der Waals surface area contributed by atoms with Gasteiger partial charge in [-0.3, -0.25) is 4.79 Å². The highest BCUT2D eigenvalue weighted by atomic mass is 16.3. The van der Waals surface area contributed by atoms with Crippen LogP contribution in [0.15, 0.2) is 48.7 Å². The maximum atomic E-state index is 10.8. The van der Waals surface area contributed by atoms with E-state index in [1.54, 1.807) is 41.2 Å². The molecule has 2 aromatic carbocycles. The normalized spacial score (nSPS) is 10.7. The first-order valence-corrected chi connectivity index (χ1v) is 5.50. The fraction of sp³-hybridized carbons (Fsp3) is 0. The molecule has 0 unspecified atom stereocenters. The van der Waals surface area contributed by atoms with Crippen LogP contribution in [0.3, 0.4) is 0 Å². The van der Waals surface area contributed by atoms with Crippen molar-refractivity contribution in [2.24, 2.45) is 0 Å². The van der Waals surface area contributed by atoms with E-state index in [1.165, 1.54) is 0 Å². The number of carbonyl (C=O) groups excluding carboxylic acids is 1. The Labute approximate surface area is 103 Å². The molecule has 0 aliphatic carbocycles. The first-order valence-electron chi connectivity index (χ1n) is 5.50. The van der Waals surface area contributed by atoms with Crippen LogP contribution in [0, 0.1) is 0 Å². The monoisotopic (exact) mass is 238 g/mol. The minimum atomic E-state index is 0.212. The highest BCUT2D eigenvalue weighted by Gasteiger charge is 2.05. The lowest BCUT2D eigenvalue weighted by Crippen LogP contribution is -1.96. The zero-order valence-electron chi connectivity index (χ0n) is 9.45. The number of rotatable bonds is 2. The van der Waals surface area contributed by atoms with Gasteiger partial charge in [0.2, 0.25) is 0 Å². The second-order valence-corrected chi connectivity index (χ2v) is 4.01. The van der Waals surface area contributed by atoms with Gasteiger partial charge in [-0.05, 0) is 30.3 Å². The molecule has 3 aromatic rings. The van der Waals surface area contributed by atoms with Crippen molar-refractivity contribution in [3.8, 4) is 11.4 Å². The van der Waals surface area contributed by atoms with Gasteiger partial charge < -0.3 is 5.11 Å². The SMILES string of the molecule is O=Cc1cccc(-n2ncc3cc(O)ccc32)c1. The number of hydrogen-bond donors (Lipinski definition) is 1. The molecular formula is C14H10N2O2. The molecule has 0 fully saturated rings. The van der Waals surface area contributed by atoms with Crippen molar-refractivity contribution in [3.63, 3.8) is 0 Å². The maximum absolute atomic E-state index is 10.8. The van der Waals surface area contributed by atoms with Crippen LogP contribution in [-0.4, -0.2) is 21.2 Å². The summed E-state index contributed by atoms with van der Waals surface area (Å²) in [6.45, 7) is 0. The number of benzene rings is 2. The van der Waals surface area contributed by atoms with Gasteiger partial charge in [-0.15, -0.1) is 0 Å². The number of phenols is 1. The van der Waals surface area contributed by atoms with Gasteiger partial charge in [0.1, 0.15) is 12.0 Å². The van der Waals surface area contributed by atoms with Gasteiger partial charge >= 0.3 is 0 Å². The molecule has 0 bridgehead atoms. The van der Waals surface area contributed by atoms with E-state index >= 15 is 0 Å². The van der Waals surface area contributed by atoms with Gasteiger partial charge in [-0.2, -0.15) is 5.10 Å². The van der Waals surface area contributed by atoms with E-state index in [9.17, 15) is 9.90 Å². The van der Waals surface area contributed by atoms with Crippen LogP contribution in [0.25, 0.3) is 16.6 Å². The quantitative estimate of drug-likeness (QED) is 0.698. The Morgan fingerprint density at radius 1 is 1.17 bits per heavy atom. The van der Waals surface area contributed by atoms with Crippen molar-refractivity contribution in [1.82, 2.24) is 9.78 Å². The summed E-state index contributed by atoms with van der Waals surface area (Å²) in [5.41, 5.74) is 2.31. The predicted octanol–water partition coefficient (Wildman–Crippen LogP) is 2.54. The molecule has 0 saturated heterocycles. The Kier molecular flexibility index (Phi) is 2.34. The predicted molar refractivity (Wildman–Crippen MR) is 68.1 cm³/mol. The molecule has 0 amide bonds. The van der Waals surface area contributed by atoms with Crippen molar-refractivity contribution >= 4 is 17.2 Å². The molecule has 88 valence electrons. The van der Waals surface area contributed by atoms with Gasteiger partial charge in [0.25, 0.3) is 0 Å². The third-order valence-corrected chi connectivity index (χ3v) is 2.80. The largest absolute Gasteiger partial charge is 0.508 e. The summed E-state index contributed by atoms with van der Waals surface area (Å²) in [6.07, 6.45) is 2.49. The molecule has 1 N–H and O–H groups in total. The second-order valence-electron chi connectivity index (χ2n) is 4.01. The van der Waals surface area contributed by atoms with E-state index < -0.39 is 0 Å². The standard InChI is InChI=1S/C14H10N2O2/c17-9-10-2-1-3-12(6-10)16-14-5-4-13(18)7-11(14)8-15-16/h1-9,18H. The molecule has 4 nitrogen and oxygen atoms in total. The van der Waals surface area contributed by atoms with E-state index in [4.69, 9.17) is 0 Å². The molecule has 0 radical (unpaired) electrons. The van der Waals surface area contributed by atoms with E-state index in [0.29, 0.717) is 5.56 Å². The fourth-order valence-corrected chi connectivity index (χ4v) is 1.96. The Morgan fingerprint density at radius 2 is 2.06 bits per heavy atom. The summed E-state index contributed by atoms with van der Waals surface area (Å²) in [4.78, 5) is 10.8. The van der Waals surface area contributed by atoms with Crippen LogP contribution in [0.4, 0.5) is 0 Å². The minimum absolute atomic E-state index is 0.212. The molecule has 18 heavy (non-hydrogen) atoms. The van der Waals surface area contributed by atoms with Crippen LogP contribution < -0.4 is 0 Å². The molecule has 1 heterocycles. The number of phenolic OH excluding ortho intramolecular Hbond substituents is 1. The summed E-state index contributed by atoms with van der Waals surface area (Å²) in [5, 5.41) is 14.5. The van der Waals surface area contributed by atoms with Crippen LogP contribution in [-0.2, 0) is 0 Å². The van der Waals surface area contributed by atoms with E-state index in [1.807, 2.05) is 12.1 Å². The average Bonchev–Trinajstić information content (AvgIpc) is 2.81. The third-order valence-electron chi connectivity index (χ3n) is 2.80. The highest BCUT2D eigenvalue weighted by molar-refractivity contribution is 5.82. The molecule has 1 aromatic heterocycles. The Hall–Kier alpha value is -2.62. The summed E-state index contributed by atoms with van der Waals surface area (Å²) in [6, 6.07) is 12.3. The smallest absolute Gasteiger partial charge is 0.150 e. The second kappa shape index (κ2) is 4.00. The summed E-state index contributed by atoms with van der Waals surface area (Å²) in [5.74, 6) is 0.212. The topological polar surface area (TPSA) is 55.1 Å². The molecule has 3 rings (SSSR count). The molecule has 4 heteroatoms. The number of aromatic hydroxyl groups is 1. The zero-order chi connectivity index (χ0) is 12.5. The zero-order valence-corrected chi connectivity index (χ0v) is 9.45. The Morgan fingerprint density at radius 3 is 2.89 bits per heavy atom. The summed E-state index contributed by atoms with van der Waals surface area (Å²) in [7, 11) is 0. The van der Waals surface area contributed by atoms with E-state index in [0.717, 1.165) is 22.9 Å². The van der Waals surface area contributed by atoms with Crippen LogP contribution in [0.5, 0.6) is 5.75 Å². The van der Waals surface area contributed by atoms with Crippen molar-refractivity contribution in [2.45, 2.75) is 0 Å².